The molecule has 1 nitrogen and oxygen atoms in total. The molecule has 1 rings (SSSR count). The number of carbonyl (C=O) groups excluding carboxylic acids is 1. The fourth-order valence-electron chi connectivity index (χ4n) is 1.76. The number of Topliss-reactive ketones (excluding diaryl/α,β-unsaturated/α-hetero) is 1. The van der Waals surface area contributed by atoms with Crippen LogP contribution in [0.25, 0.3) is 0 Å². The van der Waals surface area contributed by atoms with Gasteiger partial charge in [-0.1, -0.05) is 44.0 Å². The fraction of sp³-hybridized carbons (Fsp3) is 0.500. The number of benzene rings is 1. The summed E-state index contributed by atoms with van der Waals surface area (Å²) in [6.07, 6.45) is 5.51. The van der Waals surface area contributed by atoms with Gasteiger partial charge in [-0.15, -0.1) is 0 Å². The van der Waals surface area contributed by atoms with E-state index in [1.807, 2.05) is 6.07 Å². The lowest BCUT2D eigenvalue weighted by atomic mass is 10.0. The van der Waals surface area contributed by atoms with Gasteiger partial charge in [0.2, 0.25) is 0 Å². The summed E-state index contributed by atoms with van der Waals surface area (Å²) in [4.78, 5) is 11.0. The fourth-order valence-corrected chi connectivity index (χ4v) is 1.76. The van der Waals surface area contributed by atoms with Gasteiger partial charge in [-0.3, -0.25) is 4.79 Å². The Balaban J connectivity index is 2.53. The van der Waals surface area contributed by atoms with Crippen molar-refractivity contribution in [1.82, 2.24) is 0 Å². The molecule has 0 radical (unpaired) electrons. The van der Waals surface area contributed by atoms with Crippen molar-refractivity contribution >= 4 is 5.78 Å². The molecule has 0 aliphatic carbocycles. The van der Waals surface area contributed by atoms with E-state index in [9.17, 15) is 4.79 Å². The number of rotatable bonds is 6. The van der Waals surface area contributed by atoms with Crippen LogP contribution in [-0.2, 0) is 17.6 Å². The highest BCUT2D eigenvalue weighted by molar-refractivity contribution is 5.78. The molecule has 0 N–H and O–H groups in total. The Bertz CT molecular complexity index is 315. The van der Waals surface area contributed by atoms with Crippen LogP contribution in [0.3, 0.4) is 0 Å². The standard InChI is InChI=1S/C14H20O/c1-3-4-5-7-13-8-6-9-14(11-13)10-12(2)15/h6,8-9,11H,3-5,7,10H2,1-2H3. The summed E-state index contributed by atoms with van der Waals surface area (Å²) in [5.74, 6) is 0.237. The zero-order valence-corrected chi connectivity index (χ0v) is 9.75. The van der Waals surface area contributed by atoms with Crippen LogP contribution in [0.4, 0.5) is 0 Å². The normalized spacial score (nSPS) is 10.3. The van der Waals surface area contributed by atoms with Gasteiger partial charge < -0.3 is 0 Å². The van der Waals surface area contributed by atoms with Gasteiger partial charge in [-0.2, -0.15) is 0 Å². The van der Waals surface area contributed by atoms with Gasteiger partial charge in [0.1, 0.15) is 5.78 Å². The van der Waals surface area contributed by atoms with Gasteiger partial charge in [-0.25, -0.2) is 0 Å². The molecule has 1 heteroatoms. The van der Waals surface area contributed by atoms with E-state index in [4.69, 9.17) is 0 Å². The van der Waals surface area contributed by atoms with E-state index in [1.54, 1.807) is 6.92 Å². The second kappa shape index (κ2) is 6.39. The Hall–Kier alpha value is -1.11. The Morgan fingerprint density at radius 2 is 1.93 bits per heavy atom. The maximum absolute atomic E-state index is 11.0. The first-order valence-corrected chi connectivity index (χ1v) is 5.79. The molecule has 0 aromatic heterocycles. The van der Waals surface area contributed by atoms with Crippen molar-refractivity contribution in [2.45, 2.75) is 46.0 Å². The average molecular weight is 204 g/mol. The number of hydrogen-bond acceptors (Lipinski definition) is 1. The van der Waals surface area contributed by atoms with Gasteiger partial charge in [0.25, 0.3) is 0 Å². The van der Waals surface area contributed by atoms with Gasteiger partial charge in [0, 0.05) is 6.42 Å². The highest BCUT2D eigenvalue weighted by Gasteiger charge is 1.99. The predicted octanol–water partition coefficient (Wildman–Crippen LogP) is 3.55. The first-order chi connectivity index (χ1) is 7.22. The summed E-state index contributed by atoms with van der Waals surface area (Å²) in [7, 11) is 0. The summed E-state index contributed by atoms with van der Waals surface area (Å²) >= 11 is 0. The van der Waals surface area contributed by atoms with Gasteiger partial charge >= 0.3 is 0 Å². The van der Waals surface area contributed by atoms with Crippen LogP contribution in [0.15, 0.2) is 24.3 Å². The lowest BCUT2D eigenvalue weighted by molar-refractivity contribution is -0.116. The predicted molar refractivity (Wildman–Crippen MR) is 64.1 cm³/mol. The molecule has 0 bridgehead atoms. The van der Waals surface area contributed by atoms with Gasteiger partial charge in [-0.05, 0) is 30.9 Å². The zero-order valence-electron chi connectivity index (χ0n) is 9.75. The second-order valence-corrected chi connectivity index (χ2v) is 4.16. The topological polar surface area (TPSA) is 17.1 Å². The van der Waals surface area contributed by atoms with Crippen molar-refractivity contribution in [3.63, 3.8) is 0 Å². The molecule has 0 saturated heterocycles. The lowest BCUT2D eigenvalue weighted by Crippen LogP contribution is -1.97. The lowest BCUT2D eigenvalue weighted by Gasteiger charge is -2.03. The van der Waals surface area contributed by atoms with Crippen LogP contribution in [0.5, 0.6) is 0 Å². The van der Waals surface area contributed by atoms with E-state index in [1.165, 1.54) is 24.8 Å². The summed E-state index contributed by atoms with van der Waals surface area (Å²) < 4.78 is 0. The van der Waals surface area contributed by atoms with E-state index in [2.05, 4.69) is 25.1 Å². The van der Waals surface area contributed by atoms with E-state index in [-0.39, 0.29) is 5.78 Å². The maximum Gasteiger partial charge on any atom is 0.134 e. The number of unbranched alkanes of at least 4 members (excludes halogenated alkanes) is 2. The van der Waals surface area contributed by atoms with Crippen LogP contribution < -0.4 is 0 Å². The molecule has 1 aromatic carbocycles. The van der Waals surface area contributed by atoms with Crippen molar-refractivity contribution in [2.75, 3.05) is 0 Å². The molecule has 0 saturated carbocycles. The van der Waals surface area contributed by atoms with Crippen molar-refractivity contribution in [3.05, 3.63) is 35.4 Å². The van der Waals surface area contributed by atoms with Crippen molar-refractivity contribution < 1.29 is 4.79 Å². The third kappa shape index (κ3) is 4.78. The molecule has 0 amide bonds. The van der Waals surface area contributed by atoms with Crippen molar-refractivity contribution in [3.8, 4) is 0 Å². The van der Waals surface area contributed by atoms with Crippen molar-refractivity contribution in [2.24, 2.45) is 0 Å². The molecule has 15 heavy (non-hydrogen) atoms. The number of carbonyl (C=O) groups is 1. The minimum atomic E-state index is 0.237. The van der Waals surface area contributed by atoms with E-state index < -0.39 is 0 Å². The Morgan fingerprint density at radius 1 is 1.20 bits per heavy atom. The van der Waals surface area contributed by atoms with Crippen molar-refractivity contribution in [1.29, 1.82) is 0 Å². The molecule has 1 aromatic rings. The van der Waals surface area contributed by atoms with E-state index in [0.717, 1.165) is 12.0 Å². The first kappa shape index (κ1) is 12.0. The minimum absolute atomic E-state index is 0.237. The highest BCUT2D eigenvalue weighted by Crippen LogP contribution is 2.10. The number of aryl methyl sites for hydroxylation is 1. The van der Waals surface area contributed by atoms with Crippen LogP contribution >= 0.6 is 0 Å². The molecule has 82 valence electrons. The minimum Gasteiger partial charge on any atom is -0.300 e. The molecule has 0 aliphatic heterocycles. The van der Waals surface area contributed by atoms with Crippen LogP contribution in [0, 0.1) is 0 Å². The maximum atomic E-state index is 11.0. The first-order valence-electron chi connectivity index (χ1n) is 5.79. The SMILES string of the molecule is CCCCCc1cccc(CC(C)=O)c1. The largest absolute Gasteiger partial charge is 0.300 e. The second-order valence-electron chi connectivity index (χ2n) is 4.16. The Kier molecular flexibility index (Phi) is 5.09. The molecule has 0 fully saturated rings. The van der Waals surface area contributed by atoms with Gasteiger partial charge in [0.15, 0.2) is 0 Å². The average Bonchev–Trinajstić information content (AvgIpc) is 2.18. The summed E-state index contributed by atoms with van der Waals surface area (Å²) in [5.41, 5.74) is 2.51. The van der Waals surface area contributed by atoms with Crippen LogP contribution in [0.1, 0.15) is 44.2 Å². The summed E-state index contributed by atoms with van der Waals surface area (Å²) in [6, 6.07) is 8.40. The monoisotopic (exact) mass is 204 g/mol. The smallest absolute Gasteiger partial charge is 0.134 e. The summed E-state index contributed by atoms with van der Waals surface area (Å²) in [5, 5.41) is 0. The molecule has 0 unspecified atom stereocenters. The molecule has 0 aliphatic rings. The summed E-state index contributed by atoms with van der Waals surface area (Å²) in [6.45, 7) is 3.86. The highest BCUT2D eigenvalue weighted by atomic mass is 16.1. The van der Waals surface area contributed by atoms with E-state index >= 15 is 0 Å². The van der Waals surface area contributed by atoms with Crippen LogP contribution in [0.2, 0.25) is 0 Å². The zero-order chi connectivity index (χ0) is 11.1. The molecule has 0 spiro atoms. The molecule has 0 heterocycles. The number of ketones is 1. The van der Waals surface area contributed by atoms with Crippen LogP contribution in [-0.4, -0.2) is 5.78 Å². The third-order valence-electron chi connectivity index (χ3n) is 2.51. The van der Waals surface area contributed by atoms with Gasteiger partial charge in [0.05, 0.1) is 0 Å². The molecule has 0 atom stereocenters. The number of hydrogen-bond donors (Lipinski definition) is 0. The Labute approximate surface area is 92.5 Å². The Morgan fingerprint density at radius 3 is 2.60 bits per heavy atom. The quantitative estimate of drug-likeness (QED) is 0.648. The third-order valence-corrected chi connectivity index (χ3v) is 2.51. The molecular formula is C14H20O. The molecular weight excluding hydrogens is 184 g/mol. The van der Waals surface area contributed by atoms with E-state index in [0.29, 0.717) is 6.42 Å².